The van der Waals surface area contributed by atoms with Crippen molar-refractivity contribution >= 4 is 23.4 Å². The number of unbranched alkanes of at least 4 members (excludes halogenated alkanes) is 5. The van der Waals surface area contributed by atoms with Crippen molar-refractivity contribution in [2.75, 3.05) is 5.75 Å². The maximum Gasteiger partial charge on any atom is 0.0694 e. The molecule has 0 nitrogen and oxygen atoms in total. The van der Waals surface area contributed by atoms with Crippen LogP contribution in [-0.2, 0) is 0 Å². The molecule has 0 amide bonds. The van der Waals surface area contributed by atoms with Gasteiger partial charge >= 0.3 is 0 Å². The van der Waals surface area contributed by atoms with Crippen LogP contribution in [-0.4, -0.2) is 5.75 Å². The predicted molar refractivity (Wildman–Crippen MR) is 70.1 cm³/mol. The molecular formula is C12H23ClS. The molecule has 2 heteroatoms. The lowest BCUT2D eigenvalue weighted by Gasteiger charge is -1.98. The fraction of sp³-hybridized carbons (Fsp3) is 0.833. The Labute approximate surface area is 98.5 Å². The first-order chi connectivity index (χ1) is 6.81. The molecule has 0 saturated heterocycles. The Balaban J connectivity index is 3.27. The summed E-state index contributed by atoms with van der Waals surface area (Å²) in [6, 6.07) is 0. The lowest BCUT2D eigenvalue weighted by atomic mass is 10.2. The molecule has 0 spiro atoms. The third kappa shape index (κ3) is 10.5. The van der Waals surface area contributed by atoms with Crippen LogP contribution in [0.4, 0.5) is 0 Å². The Morgan fingerprint density at radius 1 is 1.07 bits per heavy atom. The quantitative estimate of drug-likeness (QED) is 0.470. The van der Waals surface area contributed by atoms with Gasteiger partial charge in [-0.15, -0.1) is 11.8 Å². The summed E-state index contributed by atoms with van der Waals surface area (Å²) in [5.41, 5.74) is 0. The van der Waals surface area contributed by atoms with E-state index in [2.05, 4.69) is 19.9 Å². The van der Waals surface area contributed by atoms with Crippen molar-refractivity contribution in [2.24, 2.45) is 0 Å². The third-order valence-electron chi connectivity index (χ3n) is 2.10. The Morgan fingerprint density at radius 2 is 1.79 bits per heavy atom. The highest BCUT2D eigenvalue weighted by molar-refractivity contribution is 8.04. The largest absolute Gasteiger partial charge is 0.114 e. The number of thioether (sulfide) groups is 1. The van der Waals surface area contributed by atoms with E-state index in [0.29, 0.717) is 0 Å². The maximum absolute atomic E-state index is 6.05. The van der Waals surface area contributed by atoms with E-state index in [9.17, 15) is 0 Å². The van der Waals surface area contributed by atoms with Crippen LogP contribution in [0.5, 0.6) is 0 Å². The highest BCUT2D eigenvalue weighted by atomic mass is 35.5. The fourth-order valence-electron chi connectivity index (χ4n) is 1.16. The summed E-state index contributed by atoms with van der Waals surface area (Å²) in [6.45, 7) is 4.45. The van der Waals surface area contributed by atoms with Gasteiger partial charge in [0.15, 0.2) is 0 Å². The average molecular weight is 235 g/mol. The molecule has 0 aromatic rings. The molecule has 0 bridgehead atoms. The van der Waals surface area contributed by atoms with Crippen molar-refractivity contribution in [2.45, 2.75) is 58.8 Å². The van der Waals surface area contributed by atoms with Crippen LogP contribution in [0.15, 0.2) is 10.4 Å². The van der Waals surface area contributed by atoms with Gasteiger partial charge in [-0.2, -0.15) is 0 Å². The minimum atomic E-state index is 0.995. The molecule has 14 heavy (non-hydrogen) atoms. The Bertz CT molecular complexity index is 143. The standard InChI is InChI=1S/C12H23ClS/c1-3-5-7-8-9-10-12(13)14-11-6-4-2/h10H,3-9,11H2,1-2H3/b12-10-. The van der Waals surface area contributed by atoms with Crippen molar-refractivity contribution in [1.29, 1.82) is 0 Å². The van der Waals surface area contributed by atoms with Crippen LogP contribution in [0.1, 0.15) is 58.8 Å². The zero-order chi connectivity index (χ0) is 10.6. The minimum absolute atomic E-state index is 0.995. The molecule has 0 N–H and O–H groups in total. The normalized spacial score (nSPS) is 12.1. The van der Waals surface area contributed by atoms with Gasteiger partial charge < -0.3 is 0 Å². The lowest BCUT2D eigenvalue weighted by molar-refractivity contribution is 0.674. The SMILES string of the molecule is CCCCCC/C=C(/Cl)SCCCC. The topological polar surface area (TPSA) is 0 Å². The molecule has 0 aromatic heterocycles. The van der Waals surface area contributed by atoms with Gasteiger partial charge in [0.2, 0.25) is 0 Å². The highest BCUT2D eigenvalue weighted by Gasteiger charge is 1.93. The summed E-state index contributed by atoms with van der Waals surface area (Å²) in [6.07, 6.45) is 11.2. The number of halogens is 1. The van der Waals surface area contributed by atoms with E-state index in [1.54, 1.807) is 11.8 Å². The molecule has 0 aliphatic heterocycles. The monoisotopic (exact) mass is 234 g/mol. The molecule has 0 unspecified atom stereocenters. The Hall–Kier alpha value is 0.380. The first-order valence-electron chi connectivity index (χ1n) is 5.79. The maximum atomic E-state index is 6.05. The number of hydrogen-bond donors (Lipinski definition) is 0. The van der Waals surface area contributed by atoms with E-state index < -0.39 is 0 Å². The lowest BCUT2D eigenvalue weighted by Crippen LogP contribution is -1.77. The third-order valence-corrected chi connectivity index (χ3v) is 3.52. The van der Waals surface area contributed by atoms with Gasteiger partial charge in [0, 0.05) is 0 Å². The van der Waals surface area contributed by atoms with Crippen molar-refractivity contribution < 1.29 is 0 Å². The van der Waals surface area contributed by atoms with Gasteiger partial charge in [-0.1, -0.05) is 57.2 Å². The van der Waals surface area contributed by atoms with Crippen molar-refractivity contribution in [3.05, 3.63) is 10.4 Å². The first-order valence-corrected chi connectivity index (χ1v) is 7.16. The van der Waals surface area contributed by atoms with E-state index in [0.717, 1.165) is 10.8 Å². The van der Waals surface area contributed by atoms with Gasteiger partial charge in [-0.25, -0.2) is 0 Å². The highest BCUT2D eigenvalue weighted by Crippen LogP contribution is 2.22. The van der Waals surface area contributed by atoms with E-state index in [4.69, 9.17) is 11.6 Å². The van der Waals surface area contributed by atoms with E-state index >= 15 is 0 Å². The zero-order valence-electron chi connectivity index (χ0n) is 9.52. The first kappa shape index (κ1) is 14.4. The van der Waals surface area contributed by atoms with Crippen molar-refractivity contribution in [3.8, 4) is 0 Å². The van der Waals surface area contributed by atoms with E-state index in [-0.39, 0.29) is 0 Å². The van der Waals surface area contributed by atoms with Crippen LogP contribution in [0.3, 0.4) is 0 Å². The Kier molecular flexibility index (Phi) is 11.8. The second kappa shape index (κ2) is 11.5. The smallest absolute Gasteiger partial charge is 0.0694 e. The van der Waals surface area contributed by atoms with Crippen molar-refractivity contribution in [1.82, 2.24) is 0 Å². The molecule has 0 rings (SSSR count). The van der Waals surface area contributed by atoms with Crippen LogP contribution >= 0.6 is 23.4 Å². The number of allylic oxidation sites excluding steroid dienone is 1. The van der Waals surface area contributed by atoms with Gasteiger partial charge in [-0.05, 0) is 25.0 Å². The van der Waals surface area contributed by atoms with Crippen LogP contribution in [0.2, 0.25) is 0 Å². The average Bonchev–Trinajstić information content (AvgIpc) is 2.18. The summed E-state index contributed by atoms with van der Waals surface area (Å²) in [4.78, 5) is 0. The van der Waals surface area contributed by atoms with Crippen molar-refractivity contribution in [3.63, 3.8) is 0 Å². The van der Waals surface area contributed by atoms with Crippen LogP contribution in [0.25, 0.3) is 0 Å². The molecule has 0 fully saturated rings. The molecular weight excluding hydrogens is 212 g/mol. The van der Waals surface area contributed by atoms with Gasteiger partial charge in [-0.3, -0.25) is 0 Å². The van der Waals surface area contributed by atoms with Gasteiger partial charge in [0.1, 0.15) is 0 Å². The molecule has 0 heterocycles. The molecule has 0 atom stereocenters. The summed E-state index contributed by atoms with van der Waals surface area (Å²) in [7, 11) is 0. The summed E-state index contributed by atoms with van der Waals surface area (Å²) in [5.74, 6) is 1.17. The molecule has 84 valence electrons. The molecule has 0 aromatic carbocycles. The molecule has 0 saturated carbocycles. The summed E-state index contributed by atoms with van der Waals surface area (Å²) >= 11 is 7.84. The Morgan fingerprint density at radius 3 is 2.43 bits per heavy atom. The zero-order valence-corrected chi connectivity index (χ0v) is 11.1. The molecule has 0 radical (unpaired) electrons. The van der Waals surface area contributed by atoms with E-state index in [1.807, 2.05) is 0 Å². The number of hydrogen-bond acceptors (Lipinski definition) is 1. The van der Waals surface area contributed by atoms with E-state index in [1.165, 1.54) is 44.3 Å². The van der Waals surface area contributed by atoms with Gasteiger partial charge in [0.25, 0.3) is 0 Å². The summed E-state index contributed by atoms with van der Waals surface area (Å²) in [5, 5.41) is 0. The van der Waals surface area contributed by atoms with Crippen LogP contribution < -0.4 is 0 Å². The predicted octanol–water partition coefficient (Wildman–Crippen LogP) is 5.57. The molecule has 0 aliphatic carbocycles. The molecule has 0 aliphatic rings. The van der Waals surface area contributed by atoms with Crippen LogP contribution in [0, 0.1) is 0 Å². The minimum Gasteiger partial charge on any atom is -0.114 e. The van der Waals surface area contributed by atoms with Gasteiger partial charge in [0.05, 0.1) is 4.36 Å². The summed E-state index contributed by atoms with van der Waals surface area (Å²) < 4.78 is 0.995. The number of rotatable bonds is 9. The second-order valence-electron chi connectivity index (χ2n) is 3.56. The second-order valence-corrected chi connectivity index (χ2v) is 5.33. The fourth-order valence-corrected chi connectivity index (χ4v) is 2.36.